The van der Waals surface area contributed by atoms with E-state index in [4.69, 9.17) is 4.74 Å². The molecule has 0 saturated carbocycles. The number of fused-ring (bicyclic) bond motifs is 1. The van der Waals surface area contributed by atoms with E-state index in [1.54, 1.807) is 16.9 Å². The van der Waals surface area contributed by atoms with Crippen LogP contribution in [0, 0.1) is 13.7 Å². The molecule has 0 aliphatic carbocycles. The maximum Gasteiger partial charge on any atom is 0.293 e. The van der Waals surface area contributed by atoms with E-state index >= 15 is 0 Å². The van der Waals surface area contributed by atoms with E-state index in [-0.39, 0.29) is 16.8 Å². The second kappa shape index (κ2) is 5.04. The lowest BCUT2D eigenvalue weighted by molar-refractivity contribution is -0.384. The number of halogens is 1. The van der Waals surface area contributed by atoms with Crippen molar-refractivity contribution in [2.24, 2.45) is 0 Å². The second-order valence-electron chi connectivity index (χ2n) is 4.52. The Morgan fingerprint density at radius 1 is 1.47 bits per heavy atom. The third-order valence-electron chi connectivity index (χ3n) is 3.26. The third kappa shape index (κ3) is 2.32. The Kier molecular flexibility index (Phi) is 3.40. The average molecular weight is 373 g/mol. The van der Waals surface area contributed by atoms with Crippen molar-refractivity contribution in [3.05, 3.63) is 32.0 Å². The fraction of sp³-hybridized carbons (Fsp3) is 0.417. The van der Waals surface area contributed by atoms with E-state index in [2.05, 4.69) is 5.10 Å². The largest absolute Gasteiger partial charge is 0.357 e. The zero-order valence-electron chi connectivity index (χ0n) is 10.1. The van der Waals surface area contributed by atoms with Crippen molar-refractivity contribution < 1.29 is 9.66 Å². The first kappa shape index (κ1) is 12.8. The summed E-state index contributed by atoms with van der Waals surface area (Å²) < 4.78 is 7.99. The van der Waals surface area contributed by atoms with Crippen LogP contribution in [-0.2, 0) is 4.74 Å². The maximum atomic E-state index is 11.2. The van der Waals surface area contributed by atoms with Gasteiger partial charge in [-0.25, -0.2) is 4.68 Å². The molecule has 0 radical (unpaired) electrons. The lowest BCUT2D eigenvalue weighted by atomic mass is 10.2. The van der Waals surface area contributed by atoms with Crippen LogP contribution >= 0.6 is 22.6 Å². The monoisotopic (exact) mass is 373 g/mol. The molecule has 2 aromatic rings. The van der Waals surface area contributed by atoms with Crippen LogP contribution in [-0.4, -0.2) is 21.3 Å². The number of hydrogen-bond donors (Lipinski definition) is 0. The standard InChI is InChI=1S/C12H12IN3O3/c13-9-4-5-10-8(12(9)16(17)18)7-15(14-10)11-3-1-2-6-19-11/h4-5,7,11H,1-3,6H2. The van der Waals surface area contributed by atoms with Crippen molar-refractivity contribution in [2.45, 2.75) is 25.5 Å². The molecule has 6 nitrogen and oxygen atoms in total. The van der Waals surface area contributed by atoms with Gasteiger partial charge in [-0.15, -0.1) is 0 Å². The van der Waals surface area contributed by atoms with Crippen LogP contribution in [0.1, 0.15) is 25.5 Å². The maximum absolute atomic E-state index is 11.2. The average Bonchev–Trinajstić information content (AvgIpc) is 2.83. The van der Waals surface area contributed by atoms with Gasteiger partial charge in [-0.1, -0.05) is 0 Å². The Balaban J connectivity index is 2.09. The Labute approximate surface area is 123 Å². The first-order chi connectivity index (χ1) is 9.16. The molecular formula is C12H12IN3O3. The molecule has 1 unspecified atom stereocenters. The van der Waals surface area contributed by atoms with Crippen LogP contribution in [0.3, 0.4) is 0 Å². The van der Waals surface area contributed by atoms with Gasteiger partial charge in [0.1, 0.15) is 6.23 Å². The summed E-state index contributed by atoms with van der Waals surface area (Å²) in [6.45, 7) is 0.723. The minimum Gasteiger partial charge on any atom is -0.357 e. The molecule has 1 aromatic carbocycles. The highest BCUT2D eigenvalue weighted by atomic mass is 127. The summed E-state index contributed by atoms with van der Waals surface area (Å²) in [5.41, 5.74) is 0.765. The Bertz CT molecular complexity index is 634. The van der Waals surface area contributed by atoms with Crippen LogP contribution in [0.5, 0.6) is 0 Å². The van der Waals surface area contributed by atoms with Gasteiger partial charge in [0.25, 0.3) is 5.69 Å². The highest BCUT2D eigenvalue weighted by molar-refractivity contribution is 14.1. The number of ether oxygens (including phenoxy) is 1. The van der Waals surface area contributed by atoms with E-state index in [1.165, 1.54) is 0 Å². The molecule has 7 heteroatoms. The van der Waals surface area contributed by atoms with Crippen molar-refractivity contribution in [2.75, 3.05) is 6.61 Å². The van der Waals surface area contributed by atoms with Crippen molar-refractivity contribution in [3.8, 4) is 0 Å². The molecule has 19 heavy (non-hydrogen) atoms. The molecule has 1 atom stereocenters. The Morgan fingerprint density at radius 2 is 2.32 bits per heavy atom. The number of aromatic nitrogens is 2. The predicted molar refractivity (Wildman–Crippen MR) is 77.9 cm³/mol. The fourth-order valence-electron chi connectivity index (χ4n) is 2.34. The SMILES string of the molecule is O=[N+]([O-])c1c(I)ccc2nn(C3CCCCO3)cc12. The molecule has 1 aliphatic heterocycles. The molecule has 1 aromatic heterocycles. The van der Waals surface area contributed by atoms with Gasteiger partial charge in [-0.3, -0.25) is 10.1 Å². The smallest absolute Gasteiger partial charge is 0.293 e. The van der Waals surface area contributed by atoms with E-state index < -0.39 is 0 Å². The van der Waals surface area contributed by atoms with Gasteiger partial charge in [0, 0.05) is 12.8 Å². The van der Waals surface area contributed by atoms with Crippen LogP contribution in [0.2, 0.25) is 0 Å². The summed E-state index contributed by atoms with van der Waals surface area (Å²) >= 11 is 1.98. The number of nitro benzene ring substituents is 1. The van der Waals surface area contributed by atoms with Crippen LogP contribution in [0.4, 0.5) is 5.69 Å². The van der Waals surface area contributed by atoms with Gasteiger partial charge < -0.3 is 4.74 Å². The Hall–Kier alpha value is -1.22. The molecule has 100 valence electrons. The molecular weight excluding hydrogens is 361 g/mol. The number of nitro groups is 1. The first-order valence-corrected chi connectivity index (χ1v) is 7.18. The highest BCUT2D eigenvalue weighted by Gasteiger charge is 2.22. The van der Waals surface area contributed by atoms with E-state index in [1.807, 2.05) is 28.7 Å². The quantitative estimate of drug-likeness (QED) is 0.460. The number of nitrogens with zero attached hydrogens (tertiary/aromatic N) is 3. The van der Waals surface area contributed by atoms with Gasteiger partial charge in [0.05, 0.1) is 19.4 Å². The Morgan fingerprint density at radius 3 is 3.00 bits per heavy atom. The molecule has 1 aliphatic rings. The lowest BCUT2D eigenvalue weighted by Crippen LogP contribution is -2.18. The lowest BCUT2D eigenvalue weighted by Gasteiger charge is -2.22. The minimum absolute atomic E-state index is 0.0987. The summed E-state index contributed by atoms with van der Waals surface area (Å²) in [6, 6.07) is 3.53. The predicted octanol–water partition coefficient (Wildman–Crippen LogP) is 3.25. The molecule has 0 bridgehead atoms. The zero-order valence-corrected chi connectivity index (χ0v) is 12.2. The molecule has 2 heterocycles. The summed E-state index contributed by atoms with van der Waals surface area (Å²) in [5.74, 6) is 0. The molecule has 0 amide bonds. The van der Waals surface area contributed by atoms with Crippen molar-refractivity contribution >= 4 is 39.2 Å². The summed E-state index contributed by atoms with van der Waals surface area (Å²) in [7, 11) is 0. The molecule has 0 spiro atoms. The van der Waals surface area contributed by atoms with Crippen molar-refractivity contribution in [1.29, 1.82) is 0 Å². The second-order valence-corrected chi connectivity index (χ2v) is 5.68. The van der Waals surface area contributed by atoms with Gasteiger partial charge in [-0.2, -0.15) is 5.10 Å². The summed E-state index contributed by atoms with van der Waals surface area (Å²) in [5, 5.41) is 16.1. The molecule has 1 fully saturated rings. The molecule has 3 rings (SSSR count). The topological polar surface area (TPSA) is 70.2 Å². The fourth-order valence-corrected chi connectivity index (χ4v) is 3.00. The van der Waals surface area contributed by atoms with E-state index in [0.29, 0.717) is 14.5 Å². The molecule has 0 N–H and O–H groups in total. The normalized spacial score (nSPS) is 19.7. The number of rotatable bonds is 2. The van der Waals surface area contributed by atoms with Crippen LogP contribution in [0.15, 0.2) is 18.3 Å². The van der Waals surface area contributed by atoms with E-state index in [0.717, 1.165) is 25.9 Å². The number of hydrogen-bond acceptors (Lipinski definition) is 4. The summed E-state index contributed by atoms with van der Waals surface area (Å²) in [6.07, 6.45) is 4.69. The van der Waals surface area contributed by atoms with Gasteiger partial charge >= 0.3 is 0 Å². The first-order valence-electron chi connectivity index (χ1n) is 6.10. The minimum atomic E-state index is -0.349. The van der Waals surface area contributed by atoms with Gasteiger partial charge in [-0.05, 0) is 54.0 Å². The zero-order chi connectivity index (χ0) is 13.4. The van der Waals surface area contributed by atoms with Gasteiger partial charge in [0.2, 0.25) is 0 Å². The highest BCUT2D eigenvalue weighted by Crippen LogP contribution is 2.32. The number of benzene rings is 1. The third-order valence-corrected chi connectivity index (χ3v) is 4.13. The molecule has 1 saturated heterocycles. The summed E-state index contributed by atoms with van der Waals surface area (Å²) in [4.78, 5) is 10.8. The van der Waals surface area contributed by atoms with Crippen molar-refractivity contribution in [3.63, 3.8) is 0 Å². The van der Waals surface area contributed by atoms with Crippen LogP contribution < -0.4 is 0 Å². The van der Waals surface area contributed by atoms with Crippen LogP contribution in [0.25, 0.3) is 10.9 Å². The van der Waals surface area contributed by atoms with Gasteiger partial charge in [0.15, 0.2) is 0 Å². The van der Waals surface area contributed by atoms with E-state index in [9.17, 15) is 10.1 Å². The van der Waals surface area contributed by atoms with Crippen molar-refractivity contribution in [1.82, 2.24) is 9.78 Å².